The molecule has 0 saturated heterocycles. The fourth-order valence-corrected chi connectivity index (χ4v) is 5.22. The molecule has 1 aromatic heterocycles. The number of hydrogen-bond acceptors (Lipinski definition) is 5. The number of ether oxygens (including phenoxy) is 2. The predicted octanol–water partition coefficient (Wildman–Crippen LogP) is 6.84. The van der Waals surface area contributed by atoms with Gasteiger partial charge < -0.3 is 14.4 Å². The van der Waals surface area contributed by atoms with Crippen LogP contribution in [-0.4, -0.2) is 29.6 Å². The normalized spacial score (nSPS) is 16.1. The summed E-state index contributed by atoms with van der Waals surface area (Å²) < 4.78 is 11.5. The number of rotatable bonds is 9. The molecule has 0 N–H and O–H groups in total. The quantitative estimate of drug-likeness (QED) is 0.263. The van der Waals surface area contributed by atoms with Gasteiger partial charge in [-0.15, -0.1) is 0 Å². The third-order valence-electron chi connectivity index (χ3n) is 6.51. The molecule has 4 rings (SSSR count). The van der Waals surface area contributed by atoms with Gasteiger partial charge in [-0.2, -0.15) is 0 Å². The molecule has 36 heavy (non-hydrogen) atoms. The minimum absolute atomic E-state index is 0.0648. The van der Waals surface area contributed by atoms with Crippen LogP contribution in [0, 0.1) is 0 Å². The van der Waals surface area contributed by atoms with Crippen molar-refractivity contribution < 1.29 is 19.1 Å². The van der Waals surface area contributed by atoms with E-state index in [0.717, 1.165) is 44.1 Å². The monoisotopic (exact) mass is 528 g/mol. The second-order valence-electron chi connectivity index (χ2n) is 9.06. The van der Waals surface area contributed by atoms with Crippen LogP contribution in [-0.2, 0) is 20.9 Å². The van der Waals surface area contributed by atoms with Crippen LogP contribution in [0.2, 0.25) is 10.0 Å². The van der Waals surface area contributed by atoms with E-state index in [1.54, 1.807) is 35.5 Å². The van der Waals surface area contributed by atoms with Gasteiger partial charge in [0.15, 0.2) is 0 Å². The summed E-state index contributed by atoms with van der Waals surface area (Å²) in [5.41, 5.74) is 2.21. The molecule has 2 aromatic rings. The number of esters is 1. The van der Waals surface area contributed by atoms with Crippen molar-refractivity contribution in [3.63, 3.8) is 0 Å². The smallest absolute Gasteiger partial charge is 0.334 e. The van der Waals surface area contributed by atoms with Gasteiger partial charge in [0.1, 0.15) is 18.5 Å². The average Bonchev–Trinajstić information content (AvgIpc) is 3.40. The van der Waals surface area contributed by atoms with Crippen LogP contribution in [0.3, 0.4) is 0 Å². The zero-order valence-corrected chi connectivity index (χ0v) is 21.7. The molecular weight excluding hydrogens is 499 g/mol. The van der Waals surface area contributed by atoms with E-state index in [4.69, 9.17) is 32.7 Å². The van der Waals surface area contributed by atoms with Gasteiger partial charge in [-0.3, -0.25) is 9.78 Å². The molecule has 0 aliphatic heterocycles. The van der Waals surface area contributed by atoms with Crippen LogP contribution in [0.25, 0.3) is 0 Å². The number of carbonyl (C=O) groups excluding carboxylic acids is 2. The van der Waals surface area contributed by atoms with E-state index in [1.165, 1.54) is 0 Å². The Kier molecular flexibility index (Phi) is 9.05. The van der Waals surface area contributed by atoms with E-state index in [1.807, 2.05) is 12.1 Å². The number of pyridine rings is 1. The molecule has 1 heterocycles. The van der Waals surface area contributed by atoms with Crippen molar-refractivity contribution >= 4 is 40.8 Å². The highest BCUT2D eigenvalue weighted by molar-refractivity contribution is 6.37. The Balaban J connectivity index is 1.73. The first-order valence-corrected chi connectivity index (χ1v) is 13.1. The van der Waals surface area contributed by atoms with Crippen molar-refractivity contribution in [2.45, 2.75) is 64.0 Å². The van der Waals surface area contributed by atoms with E-state index in [9.17, 15) is 9.59 Å². The van der Waals surface area contributed by atoms with Crippen molar-refractivity contribution in [2.24, 2.45) is 0 Å². The SMILES string of the molecule is C=CCOc1cc(N(Cc2cccnc2)C(=O)C2=C(C(=O)OC3CCCC3)CCCC2)c(Cl)cc1Cl. The van der Waals surface area contributed by atoms with E-state index in [2.05, 4.69) is 11.6 Å². The van der Waals surface area contributed by atoms with Crippen LogP contribution in [0.15, 0.2) is 60.5 Å². The van der Waals surface area contributed by atoms with Gasteiger partial charge in [0.2, 0.25) is 0 Å². The Hall–Kier alpha value is -2.83. The summed E-state index contributed by atoms with van der Waals surface area (Å²) in [7, 11) is 0. The Morgan fingerprint density at radius 1 is 1.08 bits per heavy atom. The standard InChI is InChI=1S/C28H30Cl2N2O4/c1-2-14-35-26-16-25(23(29)15-24(26)30)32(18-19-8-7-13-31-17-19)27(33)21-11-5-6-12-22(21)28(34)36-20-9-3-4-10-20/h2,7-8,13,15-17,20H,1,3-6,9-12,14,18H2. The second kappa shape index (κ2) is 12.4. The molecule has 1 fully saturated rings. The summed E-state index contributed by atoms with van der Waals surface area (Å²) in [5.74, 6) is -0.266. The molecule has 0 bridgehead atoms. The third-order valence-corrected chi connectivity index (χ3v) is 7.10. The highest BCUT2D eigenvalue weighted by Gasteiger charge is 2.31. The highest BCUT2D eigenvalue weighted by Crippen LogP contribution is 2.39. The Morgan fingerprint density at radius 3 is 2.53 bits per heavy atom. The van der Waals surface area contributed by atoms with Gasteiger partial charge in [0.05, 0.1) is 22.3 Å². The first kappa shape index (κ1) is 26.2. The van der Waals surface area contributed by atoms with Crippen LogP contribution >= 0.6 is 23.2 Å². The van der Waals surface area contributed by atoms with Crippen molar-refractivity contribution in [3.05, 3.63) is 76.1 Å². The summed E-state index contributed by atoms with van der Waals surface area (Å²) in [5, 5.41) is 0.631. The van der Waals surface area contributed by atoms with Gasteiger partial charge in [0, 0.05) is 29.6 Å². The lowest BCUT2D eigenvalue weighted by Gasteiger charge is -2.28. The molecule has 0 radical (unpaired) electrons. The van der Waals surface area contributed by atoms with E-state index in [0.29, 0.717) is 45.5 Å². The summed E-state index contributed by atoms with van der Waals surface area (Å²) in [6.45, 7) is 4.13. The largest absolute Gasteiger partial charge is 0.488 e. The van der Waals surface area contributed by atoms with Gasteiger partial charge >= 0.3 is 5.97 Å². The van der Waals surface area contributed by atoms with E-state index < -0.39 is 0 Å². The molecule has 0 unspecified atom stereocenters. The van der Waals surface area contributed by atoms with Gasteiger partial charge in [-0.05, 0) is 69.1 Å². The number of amides is 1. The predicted molar refractivity (Wildman–Crippen MR) is 141 cm³/mol. The Labute approximate surface area is 221 Å². The maximum absolute atomic E-state index is 14.1. The fraction of sp³-hybridized carbons (Fsp3) is 0.393. The third kappa shape index (κ3) is 6.29. The van der Waals surface area contributed by atoms with E-state index in [-0.39, 0.29) is 31.1 Å². The molecule has 1 aromatic carbocycles. The summed E-state index contributed by atoms with van der Waals surface area (Å²) in [4.78, 5) is 33.0. The van der Waals surface area contributed by atoms with Crippen LogP contribution in [0.1, 0.15) is 56.9 Å². The fourth-order valence-electron chi connectivity index (χ4n) is 4.68. The summed E-state index contributed by atoms with van der Waals surface area (Å²) >= 11 is 13.0. The number of hydrogen-bond donors (Lipinski definition) is 0. The highest BCUT2D eigenvalue weighted by atomic mass is 35.5. The lowest BCUT2D eigenvalue weighted by molar-refractivity contribution is -0.144. The molecule has 190 valence electrons. The Bertz CT molecular complexity index is 1140. The first-order chi connectivity index (χ1) is 17.5. The van der Waals surface area contributed by atoms with Crippen molar-refractivity contribution in [2.75, 3.05) is 11.5 Å². The number of benzene rings is 1. The lowest BCUT2D eigenvalue weighted by atomic mass is 9.90. The topological polar surface area (TPSA) is 68.7 Å². The molecule has 2 aliphatic rings. The van der Waals surface area contributed by atoms with Crippen LogP contribution in [0.4, 0.5) is 5.69 Å². The number of nitrogens with zero attached hydrogens (tertiary/aromatic N) is 2. The van der Waals surface area contributed by atoms with Crippen molar-refractivity contribution in [1.29, 1.82) is 0 Å². The molecule has 0 spiro atoms. The maximum atomic E-state index is 14.1. The van der Waals surface area contributed by atoms with Crippen molar-refractivity contribution in [1.82, 2.24) is 4.98 Å². The van der Waals surface area contributed by atoms with Gasteiger partial charge in [-0.1, -0.05) is 41.9 Å². The summed E-state index contributed by atoms with van der Waals surface area (Å²) in [6.07, 6.45) is 11.5. The Morgan fingerprint density at radius 2 is 1.83 bits per heavy atom. The van der Waals surface area contributed by atoms with Crippen LogP contribution < -0.4 is 9.64 Å². The zero-order chi connectivity index (χ0) is 25.5. The number of carbonyl (C=O) groups is 2. The van der Waals surface area contributed by atoms with Crippen molar-refractivity contribution in [3.8, 4) is 5.75 Å². The van der Waals surface area contributed by atoms with Crippen LogP contribution in [0.5, 0.6) is 5.75 Å². The number of aromatic nitrogens is 1. The maximum Gasteiger partial charge on any atom is 0.334 e. The lowest BCUT2D eigenvalue weighted by Crippen LogP contribution is -2.34. The molecular formula is C28H30Cl2N2O4. The number of anilines is 1. The van der Waals surface area contributed by atoms with Gasteiger partial charge in [0.25, 0.3) is 5.91 Å². The minimum atomic E-state index is -0.372. The molecule has 2 aliphatic carbocycles. The first-order valence-electron chi connectivity index (χ1n) is 12.3. The molecule has 0 atom stereocenters. The zero-order valence-electron chi connectivity index (χ0n) is 20.2. The molecule has 1 amide bonds. The molecule has 8 heteroatoms. The van der Waals surface area contributed by atoms with Gasteiger partial charge in [-0.25, -0.2) is 4.79 Å². The molecule has 1 saturated carbocycles. The van der Waals surface area contributed by atoms with E-state index >= 15 is 0 Å². The minimum Gasteiger partial charge on any atom is -0.488 e. The number of halogens is 2. The molecule has 6 nitrogen and oxygen atoms in total. The summed E-state index contributed by atoms with van der Waals surface area (Å²) in [6, 6.07) is 6.91. The second-order valence-corrected chi connectivity index (χ2v) is 9.88. The average molecular weight is 529 g/mol.